The van der Waals surface area contributed by atoms with E-state index in [1.54, 1.807) is 49.0 Å². The standard InChI is InChI=1S/C22H19N3O5/c1-28-10-11-29-22(27)18-19(26)17(30-20(18)16-7-3-2-4-8-23-16)12-14-13-25-21-15(14)6-5-9-24-21/h2-9,12-13,23H,10-11H2,1H3,(H,24,25)/b17-12-. The third-order valence-electron chi connectivity index (χ3n) is 4.45. The molecular weight excluding hydrogens is 386 g/mol. The van der Waals surface area contributed by atoms with Gasteiger partial charge in [-0.3, -0.25) is 4.79 Å². The van der Waals surface area contributed by atoms with E-state index in [0.29, 0.717) is 11.3 Å². The van der Waals surface area contributed by atoms with Gasteiger partial charge in [0.25, 0.3) is 0 Å². The minimum atomic E-state index is -0.768. The van der Waals surface area contributed by atoms with Crippen molar-refractivity contribution < 1.29 is 23.8 Å². The second-order valence-electron chi connectivity index (χ2n) is 6.38. The van der Waals surface area contributed by atoms with Crippen molar-refractivity contribution in [3.63, 3.8) is 0 Å². The van der Waals surface area contributed by atoms with Crippen LogP contribution in [0.15, 0.2) is 77.8 Å². The van der Waals surface area contributed by atoms with E-state index in [4.69, 9.17) is 14.2 Å². The van der Waals surface area contributed by atoms with Gasteiger partial charge in [-0.2, -0.15) is 0 Å². The predicted molar refractivity (Wildman–Crippen MR) is 110 cm³/mol. The molecule has 2 N–H and O–H groups in total. The van der Waals surface area contributed by atoms with Crippen LogP contribution in [0.5, 0.6) is 0 Å². The second-order valence-corrected chi connectivity index (χ2v) is 6.38. The van der Waals surface area contributed by atoms with E-state index in [-0.39, 0.29) is 30.3 Å². The van der Waals surface area contributed by atoms with Gasteiger partial charge in [0.05, 0.1) is 12.3 Å². The number of pyridine rings is 1. The highest BCUT2D eigenvalue weighted by Gasteiger charge is 2.38. The summed E-state index contributed by atoms with van der Waals surface area (Å²) in [7, 11) is 1.50. The molecule has 2 aliphatic rings. The smallest absolute Gasteiger partial charge is 0.346 e. The van der Waals surface area contributed by atoms with Crippen LogP contribution in [0.4, 0.5) is 0 Å². The van der Waals surface area contributed by atoms with Crippen LogP contribution in [0.1, 0.15) is 5.56 Å². The van der Waals surface area contributed by atoms with E-state index in [0.717, 1.165) is 10.9 Å². The number of hydrogen-bond acceptors (Lipinski definition) is 7. The molecule has 8 heteroatoms. The quantitative estimate of drug-likeness (QED) is 0.329. The van der Waals surface area contributed by atoms with Crippen molar-refractivity contribution in [3.05, 3.63) is 83.4 Å². The number of ether oxygens (including phenoxy) is 3. The van der Waals surface area contributed by atoms with Crippen LogP contribution in [0.3, 0.4) is 0 Å². The lowest BCUT2D eigenvalue weighted by atomic mass is 10.1. The fourth-order valence-electron chi connectivity index (χ4n) is 3.03. The highest BCUT2D eigenvalue weighted by atomic mass is 16.6. The van der Waals surface area contributed by atoms with E-state index in [1.807, 2.05) is 12.1 Å². The van der Waals surface area contributed by atoms with Gasteiger partial charge >= 0.3 is 5.97 Å². The topological polar surface area (TPSA) is 103 Å². The number of nitrogens with one attached hydrogen (secondary N) is 2. The summed E-state index contributed by atoms with van der Waals surface area (Å²) < 4.78 is 15.9. The van der Waals surface area contributed by atoms with Gasteiger partial charge in [0.1, 0.15) is 12.3 Å². The molecule has 0 fully saturated rings. The Bertz CT molecular complexity index is 1150. The van der Waals surface area contributed by atoms with Crippen LogP contribution in [0, 0.1) is 0 Å². The zero-order valence-electron chi connectivity index (χ0n) is 16.2. The fourth-order valence-corrected chi connectivity index (χ4v) is 3.03. The first kappa shape index (κ1) is 19.4. The van der Waals surface area contributed by atoms with Crippen LogP contribution >= 0.6 is 0 Å². The van der Waals surface area contributed by atoms with Crippen molar-refractivity contribution in [1.29, 1.82) is 0 Å². The number of hydrogen-bond donors (Lipinski definition) is 2. The van der Waals surface area contributed by atoms with E-state index in [9.17, 15) is 9.59 Å². The summed E-state index contributed by atoms with van der Waals surface area (Å²) in [6, 6.07) is 3.68. The molecule has 0 spiro atoms. The summed E-state index contributed by atoms with van der Waals surface area (Å²) in [5.74, 6) is -1.18. The SMILES string of the molecule is COCCOC(=O)C1=C(C2=CC=CC=CN2)O/C(=C\c2c[nH]c3ncccc23)C1=O. The van der Waals surface area contributed by atoms with Crippen LogP contribution in [-0.2, 0) is 23.8 Å². The van der Waals surface area contributed by atoms with E-state index >= 15 is 0 Å². The van der Waals surface area contributed by atoms with Gasteiger partial charge in [-0.15, -0.1) is 0 Å². The number of fused-ring (bicyclic) bond motifs is 1. The number of methoxy groups -OCH3 is 1. The molecule has 8 nitrogen and oxygen atoms in total. The fraction of sp³-hybridized carbons (Fsp3) is 0.136. The minimum absolute atomic E-state index is 0.0216. The Labute approximate surface area is 172 Å². The normalized spacial score (nSPS) is 17.2. The molecule has 0 unspecified atom stereocenters. The van der Waals surface area contributed by atoms with Crippen molar-refractivity contribution in [2.24, 2.45) is 0 Å². The number of esters is 1. The Morgan fingerprint density at radius 2 is 2.17 bits per heavy atom. The van der Waals surface area contributed by atoms with Crippen molar-refractivity contribution in [2.75, 3.05) is 20.3 Å². The van der Waals surface area contributed by atoms with Gasteiger partial charge in [0.2, 0.25) is 5.78 Å². The van der Waals surface area contributed by atoms with Crippen LogP contribution in [0.25, 0.3) is 17.1 Å². The molecule has 2 aromatic rings. The largest absolute Gasteiger partial charge is 0.459 e. The average molecular weight is 405 g/mol. The molecule has 0 aromatic carbocycles. The van der Waals surface area contributed by atoms with Gasteiger partial charge < -0.3 is 24.5 Å². The molecule has 0 saturated carbocycles. The van der Waals surface area contributed by atoms with Gasteiger partial charge in [-0.05, 0) is 30.4 Å². The van der Waals surface area contributed by atoms with Gasteiger partial charge in [0, 0.05) is 36.7 Å². The Kier molecular flexibility index (Phi) is 5.58. The lowest BCUT2D eigenvalue weighted by Gasteiger charge is -2.09. The first-order valence-corrected chi connectivity index (χ1v) is 9.26. The molecule has 4 heterocycles. The van der Waals surface area contributed by atoms with Gasteiger partial charge in [-0.25, -0.2) is 9.78 Å². The highest BCUT2D eigenvalue weighted by molar-refractivity contribution is 6.27. The lowest BCUT2D eigenvalue weighted by molar-refractivity contribution is -0.141. The van der Waals surface area contributed by atoms with Crippen LogP contribution in [-0.4, -0.2) is 42.0 Å². The number of H-pyrrole nitrogens is 1. The number of aromatic nitrogens is 2. The lowest BCUT2D eigenvalue weighted by Crippen LogP contribution is -2.18. The van der Waals surface area contributed by atoms with E-state index in [2.05, 4.69) is 15.3 Å². The average Bonchev–Trinajstić information content (AvgIpc) is 3.17. The van der Waals surface area contributed by atoms with Crippen molar-refractivity contribution in [2.45, 2.75) is 0 Å². The summed E-state index contributed by atoms with van der Waals surface area (Å²) in [6.07, 6.45) is 13.7. The van der Waals surface area contributed by atoms with Crippen LogP contribution < -0.4 is 5.32 Å². The molecular formula is C22H19N3O5. The Balaban J connectivity index is 1.71. The zero-order valence-corrected chi connectivity index (χ0v) is 16.2. The molecule has 0 radical (unpaired) electrons. The van der Waals surface area contributed by atoms with Crippen molar-refractivity contribution in [3.8, 4) is 0 Å². The molecule has 0 atom stereocenters. The van der Waals surface area contributed by atoms with Gasteiger partial charge in [-0.1, -0.05) is 12.2 Å². The molecule has 152 valence electrons. The first-order chi connectivity index (χ1) is 14.7. The van der Waals surface area contributed by atoms with Gasteiger partial charge in [0.15, 0.2) is 17.1 Å². The van der Waals surface area contributed by atoms with Crippen molar-refractivity contribution in [1.82, 2.24) is 15.3 Å². The molecule has 2 aliphatic heterocycles. The Hall–Kier alpha value is -3.91. The summed E-state index contributed by atoms with van der Waals surface area (Å²) in [6.45, 7) is 0.250. The van der Waals surface area contributed by atoms with E-state index < -0.39 is 11.8 Å². The minimum Gasteiger partial charge on any atom is -0.459 e. The number of rotatable bonds is 6. The number of ketones is 1. The molecule has 4 rings (SSSR count). The number of carbonyl (C=O) groups excluding carboxylic acids is 2. The third kappa shape index (κ3) is 3.81. The van der Waals surface area contributed by atoms with E-state index in [1.165, 1.54) is 7.11 Å². The molecule has 0 amide bonds. The number of Topliss-reactive ketones (excluding diaryl/α,β-unsaturated/α-hetero) is 1. The monoisotopic (exact) mass is 405 g/mol. The summed E-state index contributed by atoms with van der Waals surface area (Å²) in [5, 5.41) is 3.84. The second kappa shape index (κ2) is 8.62. The molecule has 0 bridgehead atoms. The Morgan fingerprint density at radius 3 is 3.03 bits per heavy atom. The maximum Gasteiger partial charge on any atom is 0.346 e. The third-order valence-corrected chi connectivity index (χ3v) is 4.45. The number of nitrogens with zero attached hydrogens (tertiary/aromatic N) is 1. The van der Waals surface area contributed by atoms with Crippen molar-refractivity contribution >= 4 is 28.9 Å². The summed E-state index contributed by atoms with van der Waals surface area (Å²) in [5.41, 5.74) is 1.71. The number of carbonyl (C=O) groups is 2. The maximum atomic E-state index is 13.1. The molecule has 0 saturated heterocycles. The number of aromatic amines is 1. The molecule has 0 aliphatic carbocycles. The number of allylic oxidation sites excluding steroid dienone is 5. The zero-order chi connectivity index (χ0) is 20.9. The first-order valence-electron chi connectivity index (χ1n) is 9.26. The summed E-state index contributed by atoms with van der Waals surface area (Å²) in [4.78, 5) is 33.0. The molecule has 2 aromatic heterocycles. The Morgan fingerprint density at radius 1 is 1.27 bits per heavy atom. The predicted octanol–water partition coefficient (Wildman–Crippen LogP) is 2.50. The summed E-state index contributed by atoms with van der Waals surface area (Å²) >= 11 is 0. The highest BCUT2D eigenvalue weighted by Crippen LogP contribution is 2.32. The maximum absolute atomic E-state index is 13.1. The van der Waals surface area contributed by atoms with Crippen LogP contribution in [0.2, 0.25) is 0 Å². The molecule has 30 heavy (non-hydrogen) atoms.